The van der Waals surface area contributed by atoms with E-state index in [1.54, 1.807) is 6.07 Å². The molecular weight excluding hydrogens is 437 g/mol. The zero-order valence-electron chi connectivity index (χ0n) is 19.5. The van der Waals surface area contributed by atoms with Crippen molar-refractivity contribution in [1.82, 2.24) is 0 Å². The zero-order chi connectivity index (χ0) is 23.8. The van der Waals surface area contributed by atoms with E-state index in [1.807, 2.05) is 25.1 Å². The normalized spacial score (nSPS) is 11.6. The van der Waals surface area contributed by atoms with Crippen molar-refractivity contribution in [2.75, 3.05) is 11.9 Å². The monoisotopic (exact) mass is 466 g/mol. The summed E-state index contributed by atoms with van der Waals surface area (Å²) in [6, 6.07) is 39.5. The Morgan fingerprint density at radius 3 is 1.65 bits per heavy atom. The fourth-order valence-corrected chi connectivity index (χ4v) is 8.09. The van der Waals surface area contributed by atoms with E-state index in [9.17, 15) is 4.79 Å². The Bertz CT molecular complexity index is 1160. The van der Waals surface area contributed by atoms with Crippen LogP contribution in [-0.2, 0) is 4.74 Å². The van der Waals surface area contributed by atoms with Crippen molar-refractivity contribution in [3.05, 3.63) is 132 Å². The van der Waals surface area contributed by atoms with Crippen molar-refractivity contribution in [1.29, 1.82) is 0 Å². The van der Waals surface area contributed by atoms with Gasteiger partial charge < -0.3 is 10.1 Å². The maximum Gasteiger partial charge on any atom is 0.340 e. The number of esters is 1. The van der Waals surface area contributed by atoms with E-state index in [2.05, 4.69) is 109 Å². The van der Waals surface area contributed by atoms with E-state index in [4.69, 9.17) is 4.74 Å². The first-order chi connectivity index (χ1) is 16.6. The highest BCUT2D eigenvalue weighted by atomic mass is 31.2. The van der Waals surface area contributed by atoms with Crippen LogP contribution >= 0.6 is 7.26 Å². The van der Waals surface area contributed by atoms with Crippen molar-refractivity contribution >= 4 is 34.8 Å². The fourth-order valence-electron chi connectivity index (χ4n) is 4.17. The molecular formula is C30H29NO2P+. The van der Waals surface area contributed by atoms with Gasteiger partial charge in [-0.3, -0.25) is 0 Å². The van der Waals surface area contributed by atoms with Crippen LogP contribution in [-0.4, -0.2) is 12.6 Å². The molecule has 0 atom stereocenters. The van der Waals surface area contributed by atoms with Crippen LogP contribution in [0.15, 0.2) is 127 Å². The predicted molar refractivity (Wildman–Crippen MR) is 145 cm³/mol. The summed E-state index contributed by atoms with van der Waals surface area (Å²) in [5, 5.41) is 7.31. The van der Waals surface area contributed by atoms with Crippen molar-refractivity contribution in [3.63, 3.8) is 0 Å². The molecule has 0 unspecified atom stereocenters. The summed E-state index contributed by atoms with van der Waals surface area (Å²) in [7, 11) is -2.14. The van der Waals surface area contributed by atoms with Gasteiger partial charge in [-0.1, -0.05) is 66.7 Å². The molecule has 3 nitrogen and oxygen atoms in total. The Labute approximate surface area is 202 Å². The lowest BCUT2D eigenvalue weighted by Gasteiger charge is -2.25. The number of para-hydroxylation sites is 1. The standard InChI is InChI=1S/C30H28NO2P/c1-3-33-30(32)28-21-13-14-22-29(28)31-24(2)23-34(25-15-7-4-8-16-25,26-17-9-5-10-18-26)27-19-11-6-12-20-27/h4-23H,3H2,1-2H3/p+1/b24-23+. The first kappa shape index (κ1) is 23.5. The third-order valence-electron chi connectivity index (χ3n) is 5.63. The van der Waals surface area contributed by atoms with Gasteiger partial charge in [0.1, 0.15) is 23.2 Å². The Balaban J connectivity index is 1.88. The maximum absolute atomic E-state index is 12.5. The quantitative estimate of drug-likeness (QED) is 0.251. The van der Waals surface area contributed by atoms with Gasteiger partial charge in [-0.25, -0.2) is 4.79 Å². The first-order valence-electron chi connectivity index (χ1n) is 11.4. The minimum absolute atomic E-state index is 0.325. The summed E-state index contributed by atoms with van der Waals surface area (Å²) in [6.07, 6.45) is 0. The largest absolute Gasteiger partial charge is 0.462 e. The van der Waals surface area contributed by atoms with Crippen molar-refractivity contribution < 1.29 is 9.53 Å². The van der Waals surface area contributed by atoms with Crippen molar-refractivity contribution in [2.45, 2.75) is 13.8 Å². The molecule has 0 radical (unpaired) electrons. The zero-order valence-corrected chi connectivity index (χ0v) is 20.4. The van der Waals surface area contributed by atoms with Gasteiger partial charge >= 0.3 is 5.97 Å². The second-order valence-electron chi connectivity index (χ2n) is 7.93. The molecule has 0 fully saturated rings. The number of benzene rings is 4. The van der Waals surface area contributed by atoms with Crippen LogP contribution in [0.1, 0.15) is 24.2 Å². The van der Waals surface area contributed by atoms with Crippen LogP contribution in [0.5, 0.6) is 0 Å². The van der Waals surface area contributed by atoms with Crippen molar-refractivity contribution in [2.24, 2.45) is 0 Å². The van der Waals surface area contributed by atoms with E-state index >= 15 is 0 Å². The summed E-state index contributed by atoms with van der Waals surface area (Å²) in [5.74, 6) is 2.03. The molecule has 4 rings (SSSR count). The summed E-state index contributed by atoms with van der Waals surface area (Å²) >= 11 is 0. The average molecular weight is 467 g/mol. The Morgan fingerprint density at radius 2 is 1.18 bits per heavy atom. The summed E-state index contributed by atoms with van der Waals surface area (Å²) in [6.45, 7) is 4.22. The number of rotatable bonds is 8. The number of anilines is 1. The van der Waals surface area contributed by atoms with Crippen LogP contribution in [0, 0.1) is 0 Å². The van der Waals surface area contributed by atoms with Gasteiger partial charge in [0.05, 0.1) is 23.7 Å². The fraction of sp³-hybridized carbons (Fsp3) is 0.100. The topological polar surface area (TPSA) is 38.3 Å². The highest BCUT2D eigenvalue weighted by molar-refractivity contribution is 7.98. The van der Waals surface area contributed by atoms with Crippen LogP contribution in [0.3, 0.4) is 0 Å². The minimum atomic E-state index is -2.14. The van der Waals surface area contributed by atoms with E-state index in [0.717, 1.165) is 11.4 Å². The van der Waals surface area contributed by atoms with Gasteiger partial charge in [-0.15, -0.1) is 0 Å². The molecule has 4 heteroatoms. The second kappa shape index (κ2) is 11.0. The van der Waals surface area contributed by atoms with E-state index in [1.165, 1.54) is 15.9 Å². The molecule has 0 aromatic heterocycles. The summed E-state index contributed by atoms with van der Waals surface area (Å²) in [4.78, 5) is 12.5. The molecule has 34 heavy (non-hydrogen) atoms. The minimum Gasteiger partial charge on any atom is -0.462 e. The van der Waals surface area contributed by atoms with Crippen molar-refractivity contribution in [3.8, 4) is 0 Å². The average Bonchev–Trinajstić information content (AvgIpc) is 2.89. The number of nitrogens with one attached hydrogen (secondary N) is 1. The molecule has 0 aliphatic carbocycles. The SMILES string of the molecule is CCOC(=O)c1ccccc1N/C(C)=C/[P+](c1ccccc1)(c1ccccc1)c1ccccc1. The van der Waals surface area contributed by atoms with Gasteiger partial charge in [0, 0.05) is 5.70 Å². The molecule has 1 N–H and O–H groups in total. The first-order valence-corrected chi connectivity index (χ1v) is 13.3. The van der Waals surface area contributed by atoms with Gasteiger partial charge in [0.2, 0.25) is 0 Å². The lowest BCUT2D eigenvalue weighted by molar-refractivity contribution is 0.0527. The number of hydrogen-bond acceptors (Lipinski definition) is 3. The Kier molecular flexibility index (Phi) is 7.57. The second-order valence-corrected chi connectivity index (χ2v) is 11.2. The van der Waals surface area contributed by atoms with Crippen LogP contribution in [0.4, 0.5) is 5.69 Å². The van der Waals surface area contributed by atoms with Crippen LogP contribution < -0.4 is 21.2 Å². The van der Waals surface area contributed by atoms with Gasteiger partial charge in [-0.2, -0.15) is 0 Å². The van der Waals surface area contributed by atoms with E-state index in [-0.39, 0.29) is 5.97 Å². The molecule has 0 aliphatic heterocycles. The molecule has 0 amide bonds. The smallest absolute Gasteiger partial charge is 0.340 e. The maximum atomic E-state index is 12.5. The Hall–Kier alpha value is -3.68. The Morgan fingerprint density at radius 1 is 0.735 bits per heavy atom. The lowest BCUT2D eigenvalue weighted by Crippen LogP contribution is -2.30. The number of allylic oxidation sites excluding steroid dienone is 1. The molecule has 0 bridgehead atoms. The van der Waals surface area contributed by atoms with Crippen LogP contribution in [0.25, 0.3) is 0 Å². The molecule has 0 saturated heterocycles. The lowest BCUT2D eigenvalue weighted by atomic mass is 10.2. The molecule has 4 aromatic carbocycles. The molecule has 0 spiro atoms. The van der Waals surface area contributed by atoms with Gasteiger partial charge in [-0.05, 0) is 62.4 Å². The van der Waals surface area contributed by atoms with Gasteiger partial charge in [0.15, 0.2) is 0 Å². The highest BCUT2D eigenvalue weighted by Gasteiger charge is 2.43. The number of carbonyl (C=O) groups excluding carboxylic acids is 1. The number of ether oxygens (including phenoxy) is 1. The molecule has 0 saturated carbocycles. The third-order valence-corrected chi connectivity index (χ3v) is 9.74. The van der Waals surface area contributed by atoms with Crippen LogP contribution in [0.2, 0.25) is 0 Å². The number of carbonyl (C=O) groups is 1. The van der Waals surface area contributed by atoms with Gasteiger partial charge in [0.25, 0.3) is 0 Å². The number of hydrogen-bond donors (Lipinski definition) is 1. The molecule has 4 aromatic rings. The predicted octanol–water partition coefficient (Wildman–Crippen LogP) is 6.13. The molecule has 0 heterocycles. The highest BCUT2D eigenvalue weighted by Crippen LogP contribution is 2.57. The van der Waals surface area contributed by atoms with E-state index in [0.29, 0.717) is 12.2 Å². The van der Waals surface area contributed by atoms with E-state index < -0.39 is 7.26 Å². The summed E-state index contributed by atoms with van der Waals surface area (Å²) in [5.41, 5.74) is 2.24. The summed E-state index contributed by atoms with van der Waals surface area (Å²) < 4.78 is 5.27. The molecule has 0 aliphatic rings. The molecule has 170 valence electrons. The third kappa shape index (κ3) is 4.95.